The van der Waals surface area contributed by atoms with Gasteiger partial charge in [0.1, 0.15) is 0 Å². The van der Waals surface area contributed by atoms with Crippen LogP contribution in [0.4, 0.5) is 0 Å². The summed E-state index contributed by atoms with van der Waals surface area (Å²) in [5.74, 6) is 0. The molecule has 0 unspecified atom stereocenters. The highest BCUT2D eigenvalue weighted by atomic mass is 14.2. The second-order valence-corrected chi connectivity index (χ2v) is 15.6. The van der Waals surface area contributed by atoms with Gasteiger partial charge in [-0.3, -0.25) is 0 Å². The Labute approximate surface area is 326 Å². The zero-order chi connectivity index (χ0) is 36.7. The van der Waals surface area contributed by atoms with Gasteiger partial charge < -0.3 is 0 Å². The maximum atomic E-state index is 2.43. The van der Waals surface area contributed by atoms with E-state index in [1.165, 1.54) is 121 Å². The van der Waals surface area contributed by atoms with Gasteiger partial charge in [-0.1, -0.05) is 176 Å². The Morgan fingerprint density at radius 3 is 1.59 bits per heavy atom. The van der Waals surface area contributed by atoms with E-state index in [4.69, 9.17) is 0 Å². The van der Waals surface area contributed by atoms with Gasteiger partial charge in [-0.05, 0) is 152 Å². The lowest BCUT2D eigenvalue weighted by Gasteiger charge is -2.24. The van der Waals surface area contributed by atoms with E-state index >= 15 is 0 Å². The summed E-state index contributed by atoms with van der Waals surface area (Å²) in [6.07, 6.45) is 9.06. The normalized spacial score (nSPS) is 13.2. The monoisotopic (exact) mass is 708 g/mol. The fourth-order valence-corrected chi connectivity index (χ4v) is 9.73. The van der Waals surface area contributed by atoms with Gasteiger partial charge >= 0.3 is 0 Å². The third-order valence-corrected chi connectivity index (χ3v) is 12.4. The largest absolute Gasteiger partial charge is 0.0795 e. The van der Waals surface area contributed by atoms with E-state index in [1.807, 2.05) is 0 Å². The van der Waals surface area contributed by atoms with Crippen LogP contribution in [0, 0.1) is 0 Å². The molecule has 56 heavy (non-hydrogen) atoms. The van der Waals surface area contributed by atoms with Crippen LogP contribution in [0.25, 0.3) is 110 Å². The SMILES string of the molecule is C1=Cc2ccc3c(-c4cccc(-c5cccc(-c6cccc(-c7ccc(-c8ccc9ccc%10cccc%11ccc8c9c%10%11)cc7)c6)c5)c4)ccc4c3c2C(=CC4)C1. The summed E-state index contributed by atoms with van der Waals surface area (Å²) in [5, 5.41) is 10.7. The van der Waals surface area contributed by atoms with Crippen LogP contribution in [0.1, 0.15) is 23.1 Å². The minimum atomic E-state index is 1.01. The molecule has 10 aromatic rings. The zero-order valence-corrected chi connectivity index (χ0v) is 30.9. The number of rotatable bonds is 5. The average Bonchev–Trinajstić information content (AvgIpc) is 3.27. The summed E-state index contributed by atoms with van der Waals surface area (Å²) >= 11 is 0. The molecule has 0 bridgehead atoms. The van der Waals surface area contributed by atoms with Crippen molar-refractivity contribution in [2.45, 2.75) is 12.8 Å². The molecule has 12 rings (SSSR count). The lowest BCUT2D eigenvalue weighted by molar-refractivity contribution is 1.23. The minimum absolute atomic E-state index is 1.01. The Kier molecular flexibility index (Phi) is 6.86. The third kappa shape index (κ3) is 4.86. The number of hydrogen-bond donors (Lipinski definition) is 0. The van der Waals surface area contributed by atoms with Crippen molar-refractivity contribution in [1.82, 2.24) is 0 Å². The first-order chi connectivity index (χ1) is 27.7. The Morgan fingerprint density at radius 1 is 0.339 bits per heavy atom. The summed E-state index contributed by atoms with van der Waals surface area (Å²) in [7, 11) is 0. The highest BCUT2D eigenvalue weighted by Gasteiger charge is 2.21. The van der Waals surface area contributed by atoms with E-state index in [-0.39, 0.29) is 0 Å². The van der Waals surface area contributed by atoms with Crippen molar-refractivity contribution in [2.24, 2.45) is 0 Å². The number of benzene rings is 10. The second kappa shape index (κ2) is 12.2. The Balaban J connectivity index is 0.867. The van der Waals surface area contributed by atoms with Crippen molar-refractivity contribution in [1.29, 1.82) is 0 Å². The molecular formula is C56H36. The molecule has 0 spiro atoms. The molecule has 0 aromatic heterocycles. The van der Waals surface area contributed by atoms with Gasteiger partial charge in [0, 0.05) is 0 Å². The summed E-state index contributed by atoms with van der Waals surface area (Å²) in [4.78, 5) is 0. The van der Waals surface area contributed by atoms with Gasteiger partial charge in [-0.15, -0.1) is 0 Å². The van der Waals surface area contributed by atoms with Gasteiger partial charge in [0.25, 0.3) is 0 Å². The third-order valence-electron chi connectivity index (χ3n) is 12.4. The van der Waals surface area contributed by atoms with Gasteiger partial charge in [0.2, 0.25) is 0 Å². The summed E-state index contributed by atoms with van der Waals surface area (Å²) < 4.78 is 0. The molecule has 0 fully saturated rings. The number of hydrogen-bond acceptors (Lipinski definition) is 0. The molecule has 10 aromatic carbocycles. The van der Waals surface area contributed by atoms with Crippen molar-refractivity contribution in [3.05, 3.63) is 205 Å². The van der Waals surface area contributed by atoms with E-state index in [9.17, 15) is 0 Å². The predicted molar refractivity (Wildman–Crippen MR) is 240 cm³/mol. The Hall–Kier alpha value is -7.02. The van der Waals surface area contributed by atoms with Crippen molar-refractivity contribution in [3.63, 3.8) is 0 Å². The molecule has 0 heterocycles. The van der Waals surface area contributed by atoms with Crippen LogP contribution in [0.15, 0.2) is 188 Å². The highest BCUT2D eigenvalue weighted by Crippen LogP contribution is 2.44. The molecule has 2 aliphatic rings. The standard InChI is InChI=1S/C56H36/c1-6-37-20-22-41-24-28-49(51-30-26-39(8-1)53(37)55(41)51)36-18-16-35(17-19-36)43-10-3-11-44(32-43)45-12-4-13-46(33-45)47-14-5-15-48(34-47)50-29-25-42-23-21-38-7-2-9-40-27-31-52(50)56(42)54(38)40/h1-6,8-22,24-34H,7,23H2. The predicted octanol–water partition coefficient (Wildman–Crippen LogP) is 15.4. The quantitative estimate of drug-likeness (QED) is 0.156. The van der Waals surface area contributed by atoms with Crippen LogP contribution in [-0.4, -0.2) is 0 Å². The van der Waals surface area contributed by atoms with E-state index < -0.39 is 0 Å². The van der Waals surface area contributed by atoms with E-state index in [1.54, 1.807) is 0 Å². The molecule has 0 N–H and O–H groups in total. The summed E-state index contributed by atoms with van der Waals surface area (Å²) in [5.41, 5.74) is 18.1. The molecule has 0 amide bonds. The van der Waals surface area contributed by atoms with Crippen molar-refractivity contribution in [2.75, 3.05) is 0 Å². The van der Waals surface area contributed by atoms with Gasteiger partial charge in [0.05, 0.1) is 0 Å². The molecule has 0 atom stereocenters. The maximum absolute atomic E-state index is 2.43. The van der Waals surface area contributed by atoms with Crippen LogP contribution in [0.5, 0.6) is 0 Å². The molecular weight excluding hydrogens is 673 g/mol. The minimum Gasteiger partial charge on any atom is -0.0795 e. The number of allylic oxidation sites excluding steroid dienone is 3. The van der Waals surface area contributed by atoms with E-state index in [2.05, 4.69) is 194 Å². The van der Waals surface area contributed by atoms with E-state index in [0.29, 0.717) is 0 Å². The molecule has 0 saturated carbocycles. The molecule has 260 valence electrons. The Bertz CT molecular complexity index is 3260. The van der Waals surface area contributed by atoms with Crippen LogP contribution in [0.3, 0.4) is 0 Å². The molecule has 0 heteroatoms. The first-order valence-corrected chi connectivity index (χ1v) is 19.8. The van der Waals surface area contributed by atoms with Gasteiger partial charge in [-0.2, -0.15) is 0 Å². The zero-order valence-electron chi connectivity index (χ0n) is 30.9. The average molecular weight is 709 g/mol. The smallest absolute Gasteiger partial charge is 0.00206 e. The van der Waals surface area contributed by atoms with Gasteiger partial charge in [0.15, 0.2) is 0 Å². The first kappa shape index (κ1) is 31.3. The van der Waals surface area contributed by atoms with Crippen LogP contribution in [-0.2, 0) is 6.42 Å². The van der Waals surface area contributed by atoms with Gasteiger partial charge in [-0.25, -0.2) is 0 Å². The van der Waals surface area contributed by atoms with Crippen LogP contribution >= 0.6 is 0 Å². The summed E-state index contributed by atoms with van der Waals surface area (Å²) in [6.45, 7) is 0. The van der Waals surface area contributed by atoms with Crippen molar-refractivity contribution < 1.29 is 0 Å². The van der Waals surface area contributed by atoms with Crippen LogP contribution < -0.4 is 0 Å². The fraction of sp³-hybridized carbons (Fsp3) is 0.0357. The molecule has 0 saturated heterocycles. The van der Waals surface area contributed by atoms with Crippen LogP contribution in [0.2, 0.25) is 0 Å². The lowest BCUT2D eigenvalue weighted by Crippen LogP contribution is -2.03. The fourth-order valence-electron chi connectivity index (χ4n) is 9.73. The Morgan fingerprint density at radius 2 is 0.857 bits per heavy atom. The van der Waals surface area contributed by atoms with Crippen molar-refractivity contribution >= 4 is 54.7 Å². The highest BCUT2D eigenvalue weighted by molar-refractivity contribution is 6.25. The maximum Gasteiger partial charge on any atom is -0.00206 e. The topological polar surface area (TPSA) is 0 Å². The lowest BCUT2D eigenvalue weighted by atomic mass is 9.80. The second-order valence-electron chi connectivity index (χ2n) is 15.6. The first-order valence-electron chi connectivity index (χ1n) is 19.8. The molecule has 0 radical (unpaired) electrons. The summed E-state index contributed by atoms with van der Waals surface area (Å²) in [6, 6.07) is 65.8. The van der Waals surface area contributed by atoms with Crippen molar-refractivity contribution in [3.8, 4) is 55.6 Å². The molecule has 0 aliphatic heterocycles. The van der Waals surface area contributed by atoms with E-state index in [0.717, 1.165) is 12.8 Å². The molecule has 0 nitrogen and oxygen atoms in total. The molecule has 2 aliphatic carbocycles.